The summed E-state index contributed by atoms with van der Waals surface area (Å²) in [5.74, 6) is -2.76. The van der Waals surface area contributed by atoms with E-state index in [0.717, 1.165) is 13.0 Å². The van der Waals surface area contributed by atoms with Gasteiger partial charge >= 0.3 is 12.1 Å². The minimum atomic E-state index is -5.08. The fraction of sp³-hybridized carbons (Fsp3) is 0.625. The van der Waals surface area contributed by atoms with Gasteiger partial charge in [-0.1, -0.05) is 6.08 Å². The second-order valence-corrected chi connectivity index (χ2v) is 2.91. The molecule has 15 heavy (non-hydrogen) atoms. The van der Waals surface area contributed by atoms with Gasteiger partial charge in [0.1, 0.15) is 0 Å². The topological polar surface area (TPSA) is 69.6 Å². The number of halogens is 3. The number of carbonyl (C=O) groups is 1. The number of aliphatic carboxylic acids is 1. The number of β-amino-alcohol motifs (C(OH)–C–C–N with tert-alkyl or cyclic N) is 1. The SMILES string of the molecule is C=CCC1NCC1O.O=C(O)C(F)(F)F. The van der Waals surface area contributed by atoms with Gasteiger partial charge in [-0.2, -0.15) is 13.2 Å². The number of hydrogen-bond acceptors (Lipinski definition) is 3. The summed E-state index contributed by atoms with van der Waals surface area (Å²) in [6.07, 6.45) is -2.52. The number of carboxylic acid groups (broad SMARTS) is 1. The van der Waals surface area contributed by atoms with Crippen LogP contribution in [0, 0.1) is 0 Å². The second kappa shape index (κ2) is 5.72. The quantitative estimate of drug-likeness (QED) is 0.602. The molecule has 7 heteroatoms. The van der Waals surface area contributed by atoms with Gasteiger partial charge in [0, 0.05) is 12.6 Å². The van der Waals surface area contributed by atoms with Gasteiger partial charge in [-0.3, -0.25) is 0 Å². The molecule has 4 nitrogen and oxygen atoms in total. The highest BCUT2D eigenvalue weighted by Crippen LogP contribution is 2.13. The van der Waals surface area contributed by atoms with Crippen LogP contribution in [0.5, 0.6) is 0 Å². The van der Waals surface area contributed by atoms with Crippen molar-refractivity contribution in [2.45, 2.75) is 24.7 Å². The molecule has 0 saturated carbocycles. The average Bonchev–Trinajstić information content (AvgIpc) is 2.11. The van der Waals surface area contributed by atoms with Gasteiger partial charge in [0.15, 0.2) is 0 Å². The highest BCUT2D eigenvalue weighted by atomic mass is 19.4. The van der Waals surface area contributed by atoms with Crippen molar-refractivity contribution in [1.29, 1.82) is 0 Å². The van der Waals surface area contributed by atoms with E-state index in [1.165, 1.54) is 0 Å². The minimum Gasteiger partial charge on any atom is -0.475 e. The zero-order chi connectivity index (χ0) is 12.1. The summed E-state index contributed by atoms with van der Waals surface area (Å²) in [5, 5.41) is 19.1. The van der Waals surface area contributed by atoms with Crippen LogP contribution in [0.1, 0.15) is 6.42 Å². The molecule has 1 fully saturated rings. The van der Waals surface area contributed by atoms with Crippen LogP contribution in [-0.2, 0) is 4.79 Å². The Morgan fingerprint density at radius 2 is 2.07 bits per heavy atom. The lowest BCUT2D eigenvalue weighted by Crippen LogP contribution is -2.56. The summed E-state index contributed by atoms with van der Waals surface area (Å²) in [6, 6.07) is 0.285. The molecule has 3 N–H and O–H groups in total. The maximum Gasteiger partial charge on any atom is 0.490 e. The Balaban J connectivity index is 0.000000265. The van der Waals surface area contributed by atoms with Gasteiger partial charge in [0.25, 0.3) is 0 Å². The van der Waals surface area contributed by atoms with Crippen molar-refractivity contribution in [2.24, 2.45) is 0 Å². The van der Waals surface area contributed by atoms with Crippen molar-refractivity contribution in [2.75, 3.05) is 6.54 Å². The lowest BCUT2D eigenvalue weighted by Gasteiger charge is -2.33. The van der Waals surface area contributed by atoms with E-state index in [1.54, 1.807) is 0 Å². The molecular weight excluding hydrogens is 215 g/mol. The molecule has 2 atom stereocenters. The van der Waals surface area contributed by atoms with Crippen LogP contribution in [0.4, 0.5) is 13.2 Å². The van der Waals surface area contributed by atoms with E-state index in [2.05, 4.69) is 11.9 Å². The van der Waals surface area contributed by atoms with Gasteiger partial charge < -0.3 is 15.5 Å². The summed E-state index contributed by atoms with van der Waals surface area (Å²) in [7, 11) is 0. The summed E-state index contributed by atoms with van der Waals surface area (Å²) in [5.41, 5.74) is 0. The van der Waals surface area contributed by atoms with Crippen molar-refractivity contribution >= 4 is 5.97 Å². The van der Waals surface area contributed by atoms with Crippen LogP contribution < -0.4 is 5.32 Å². The van der Waals surface area contributed by atoms with Crippen molar-refractivity contribution in [3.63, 3.8) is 0 Å². The maximum absolute atomic E-state index is 10.6. The third-order valence-corrected chi connectivity index (χ3v) is 1.72. The van der Waals surface area contributed by atoms with Crippen LogP contribution >= 0.6 is 0 Å². The molecule has 0 aliphatic carbocycles. The molecule has 1 rings (SSSR count). The number of rotatable bonds is 2. The Labute approximate surface area is 84.4 Å². The normalized spacial score (nSPS) is 24.5. The van der Waals surface area contributed by atoms with E-state index in [1.807, 2.05) is 6.08 Å². The molecule has 0 bridgehead atoms. The van der Waals surface area contributed by atoms with Gasteiger partial charge in [-0.05, 0) is 6.42 Å². The Morgan fingerprint density at radius 3 is 2.13 bits per heavy atom. The molecule has 1 aliphatic heterocycles. The third kappa shape index (κ3) is 5.38. The van der Waals surface area contributed by atoms with E-state index in [9.17, 15) is 13.2 Å². The summed E-state index contributed by atoms with van der Waals surface area (Å²) in [4.78, 5) is 8.90. The smallest absolute Gasteiger partial charge is 0.475 e. The Bertz CT molecular complexity index is 230. The zero-order valence-corrected chi connectivity index (χ0v) is 7.79. The fourth-order valence-corrected chi connectivity index (χ4v) is 0.810. The first-order valence-electron chi connectivity index (χ1n) is 4.11. The number of aliphatic hydroxyl groups excluding tert-OH is 1. The van der Waals surface area contributed by atoms with Crippen LogP contribution in [0.2, 0.25) is 0 Å². The lowest BCUT2D eigenvalue weighted by molar-refractivity contribution is -0.192. The molecule has 0 aromatic rings. The lowest BCUT2D eigenvalue weighted by atomic mass is 10.0. The molecule has 1 saturated heterocycles. The van der Waals surface area contributed by atoms with E-state index < -0.39 is 12.1 Å². The van der Waals surface area contributed by atoms with E-state index in [-0.39, 0.29) is 12.1 Å². The maximum atomic E-state index is 10.6. The van der Waals surface area contributed by atoms with E-state index in [4.69, 9.17) is 15.0 Å². The second-order valence-electron chi connectivity index (χ2n) is 2.91. The molecule has 0 spiro atoms. The van der Waals surface area contributed by atoms with Crippen molar-refractivity contribution in [1.82, 2.24) is 5.32 Å². The van der Waals surface area contributed by atoms with E-state index >= 15 is 0 Å². The predicted octanol–water partition coefficient (Wildman–Crippen LogP) is 0.528. The molecule has 0 amide bonds. The van der Waals surface area contributed by atoms with Crippen molar-refractivity contribution in [3.05, 3.63) is 12.7 Å². The Morgan fingerprint density at radius 1 is 1.60 bits per heavy atom. The van der Waals surface area contributed by atoms with Gasteiger partial charge in [-0.15, -0.1) is 6.58 Å². The number of nitrogens with one attached hydrogen (secondary N) is 1. The average molecular weight is 227 g/mol. The predicted molar refractivity (Wildman–Crippen MR) is 46.3 cm³/mol. The summed E-state index contributed by atoms with van der Waals surface area (Å²) >= 11 is 0. The van der Waals surface area contributed by atoms with Crippen LogP contribution in [0.15, 0.2) is 12.7 Å². The molecule has 88 valence electrons. The zero-order valence-electron chi connectivity index (χ0n) is 7.79. The molecule has 2 unspecified atom stereocenters. The molecule has 0 aromatic carbocycles. The summed E-state index contributed by atoms with van der Waals surface area (Å²) < 4.78 is 31.7. The van der Waals surface area contributed by atoms with Crippen molar-refractivity contribution < 1.29 is 28.2 Å². The highest BCUT2D eigenvalue weighted by Gasteiger charge is 2.38. The first-order valence-corrected chi connectivity index (χ1v) is 4.11. The van der Waals surface area contributed by atoms with Gasteiger partial charge in [-0.25, -0.2) is 4.79 Å². The van der Waals surface area contributed by atoms with Crippen LogP contribution in [0.25, 0.3) is 0 Å². The third-order valence-electron chi connectivity index (χ3n) is 1.72. The summed E-state index contributed by atoms with van der Waals surface area (Å²) in [6.45, 7) is 4.31. The fourth-order valence-electron chi connectivity index (χ4n) is 0.810. The standard InChI is InChI=1S/C6H11NO.C2HF3O2/c1-2-3-5-6(8)4-7-5;3-2(4,5)1(6)7/h2,5-8H,1,3-4H2;(H,6,7). The number of aliphatic hydroxyl groups is 1. The number of alkyl halides is 3. The Kier molecular flexibility index (Phi) is 5.31. The van der Waals surface area contributed by atoms with E-state index in [0.29, 0.717) is 0 Å². The minimum absolute atomic E-state index is 0.131. The van der Waals surface area contributed by atoms with Gasteiger partial charge in [0.2, 0.25) is 0 Å². The molecule has 0 aromatic heterocycles. The molecule has 0 radical (unpaired) electrons. The monoisotopic (exact) mass is 227 g/mol. The number of hydrogen-bond donors (Lipinski definition) is 3. The highest BCUT2D eigenvalue weighted by molar-refractivity contribution is 5.73. The largest absolute Gasteiger partial charge is 0.490 e. The van der Waals surface area contributed by atoms with Gasteiger partial charge in [0.05, 0.1) is 6.10 Å². The first kappa shape index (κ1) is 13.9. The van der Waals surface area contributed by atoms with Crippen LogP contribution in [-0.4, -0.2) is 41.0 Å². The van der Waals surface area contributed by atoms with Crippen molar-refractivity contribution in [3.8, 4) is 0 Å². The Hall–Kier alpha value is -1.08. The van der Waals surface area contributed by atoms with Crippen LogP contribution in [0.3, 0.4) is 0 Å². The molecule has 1 heterocycles. The number of carboxylic acids is 1. The molecular formula is C8H12F3NO3. The first-order chi connectivity index (χ1) is 6.79. The molecule has 1 aliphatic rings.